The fraction of sp³-hybridized carbons (Fsp3) is 0.350. The number of morpholine rings is 1. The summed E-state index contributed by atoms with van der Waals surface area (Å²) in [5, 5.41) is 0. The molecule has 2 aromatic rings. The lowest BCUT2D eigenvalue weighted by Crippen LogP contribution is -2.40. The van der Waals surface area contributed by atoms with Crippen molar-refractivity contribution in [3.05, 3.63) is 47.5 Å². The molecule has 2 aromatic carbocycles. The molecule has 0 amide bonds. The van der Waals surface area contributed by atoms with Gasteiger partial charge in [-0.3, -0.25) is 4.72 Å². The fourth-order valence-corrected chi connectivity index (χ4v) is 6.12. The van der Waals surface area contributed by atoms with E-state index in [1.54, 1.807) is 6.92 Å². The Kier molecular flexibility index (Phi) is 7.08. The number of carbonyl (C=O) groups is 1. The van der Waals surface area contributed by atoms with Crippen LogP contribution in [0.4, 0.5) is 5.69 Å². The summed E-state index contributed by atoms with van der Waals surface area (Å²) in [6, 6.07) is 8.14. The first kappa shape index (κ1) is 24.0. The number of hydrogen-bond donors (Lipinski definition) is 1. The number of nitrogens with zero attached hydrogens (tertiary/aromatic N) is 1. The number of carbonyl (C=O) groups excluding carboxylic acids is 1. The van der Waals surface area contributed by atoms with Crippen molar-refractivity contribution in [1.82, 2.24) is 4.31 Å². The molecular formula is C20H24N2O8S2. The van der Waals surface area contributed by atoms with E-state index in [0.29, 0.717) is 5.56 Å². The average molecular weight is 485 g/mol. The lowest BCUT2D eigenvalue weighted by atomic mass is 10.1. The normalized spacial score (nSPS) is 15.2. The lowest BCUT2D eigenvalue weighted by molar-refractivity contribution is 0.0600. The molecule has 0 atom stereocenters. The highest BCUT2D eigenvalue weighted by Gasteiger charge is 2.30. The molecule has 1 saturated heterocycles. The van der Waals surface area contributed by atoms with E-state index in [1.165, 1.54) is 54.9 Å². The highest BCUT2D eigenvalue weighted by molar-refractivity contribution is 7.92. The van der Waals surface area contributed by atoms with Crippen LogP contribution in [0.5, 0.6) is 5.75 Å². The van der Waals surface area contributed by atoms with Crippen LogP contribution in [0, 0.1) is 6.92 Å². The monoisotopic (exact) mass is 484 g/mol. The number of anilines is 1. The summed E-state index contributed by atoms with van der Waals surface area (Å²) in [4.78, 5) is 11.5. The summed E-state index contributed by atoms with van der Waals surface area (Å²) in [6.07, 6.45) is 0. The Morgan fingerprint density at radius 3 is 2.31 bits per heavy atom. The smallest absolute Gasteiger partial charge is 0.337 e. The molecule has 1 aliphatic heterocycles. The predicted molar refractivity (Wildman–Crippen MR) is 116 cm³/mol. The summed E-state index contributed by atoms with van der Waals surface area (Å²) in [6.45, 7) is 2.48. The fourth-order valence-electron chi connectivity index (χ4n) is 3.21. The molecule has 1 aliphatic rings. The molecule has 0 spiro atoms. The molecule has 1 fully saturated rings. The number of esters is 1. The summed E-state index contributed by atoms with van der Waals surface area (Å²) >= 11 is 0. The molecule has 1 heterocycles. The Morgan fingerprint density at radius 1 is 1.00 bits per heavy atom. The van der Waals surface area contributed by atoms with E-state index in [1.807, 2.05) is 0 Å². The quantitative estimate of drug-likeness (QED) is 0.587. The van der Waals surface area contributed by atoms with E-state index in [4.69, 9.17) is 9.47 Å². The summed E-state index contributed by atoms with van der Waals surface area (Å²) in [5.41, 5.74) is 0.504. The summed E-state index contributed by atoms with van der Waals surface area (Å²) in [7, 11) is -5.56. The van der Waals surface area contributed by atoms with Gasteiger partial charge in [-0.05, 0) is 42.8 Å². The van der Waals surface area contributed by atoms with Crippen molar-refractivity contribution in [2.45, 2.75) is 16.7 Å². The molecule has 0 bridgehead atoms. The van der Waals surface area contributed by atoms with E-state index in [0.717, 1.165) is 0 Å². The topological polar surface area (TPSA) is 128 Å². The zero-order valence-electron chi connectivity index (χ0n) is 17.8. The van der Waals surface area contributed by atoms with Gasteiger partial charge in [-0.2, -0.15) is 4.31 Å². The van der Waals surface area contributed by atoms with Gasteiger partial charge >= 0.3 is 5.97 Å². The first-order valence-electron chi connectivity index (χ1n) is 9.58. The van der Waals surface area contributed by atoms with Crippen LogP contribution in [0.25, 0.3) is 0 Å². The molecule has 1 N–H and O–H groups in total. The van der Waals surface area contributed by atoms with Crippen LogP contribution in [0.15, 0.2) is 46.2 Å². The number of hydrogen-bond acceptors (Lipinski definition) is 8. The van der Waals surface area contributed by atoms with Crippen LogP contribution in [-0.2, 0) is 29.5 Å². The summed E-state index contributed by atoms with van der Waals surface area (Å²) < 4.78 is 71.0. The van der Waals surface area contributed by atoms with Crippen molar-refractivity contribution in [2.75, 3.05) is 45.2 Å². The molecule has 0 radical (unpaired) electrons. The largest absolute Gasteiger partial charge is 0.495 e. The van der Waals surface area contributed by atoms with Crippen molar-refractivity contribution in [3.8, 4) is 5.75 Å². The lowest BCUT2D eigenvalue weighted by Gasteiger charge is -2.27. The molecule has 10 nitrogen and oxygen atoms in total. The number of rotatable bonds is 7. The van der Waals surface area contributed by atoms with Crippen LogP contribution in [0.2, 0.25) is 0 Å². The van der Waals surface area contributed by atoms with Crippen LogP contribution < -0.4 is 9.46 Å². The van der Waals surface area contributed by atoms with Gasteiger partial charge in [0.25, 0.3) is 10.0 Å². The minimum atomic E-state index is -4.14. The van der Waals surface area contributed by atoms with Gasteiger partial charge < -0.3 is 14.2 Å². The SMILES string of the molecule is COC(=O)c1ccc(C)c(S(=O)(=O)Nc2ccc(OC)c(S(=O)(=O)N3CCOCC3)c2)c1. The number of benzene rings is 2. The molecule has 32 heavy (non-hydrogen) atoms. The molecule has 174 valence electrons. The zero-order valence-corrected chi connectivity index (χ0v) is 19.5. The van der Waals surface area contributed by atoms with Gasteiger partial charge in [0, 0.05) is 13.1 Å². The number of methoxy groups -OCH3 is 2. The molecule has 3 rings (SSSR count). The van der Waals surface area contributed by atoms with Crippen molar-refractivity contribution < 1.29 is 35.8 Å². The van der Waals surface area contributed by atoms with Gasteiger partial charge in [-0.25, -0.2) is 21.6 Å². The minimum absolute atomic E-state index is 0.0282. The maximum Gasteiger partial charge on any atom is 0.337 e. The Labute approximate surface area is 187 Å². The molecule has 0 unspecified atom stereocenters. The zero-order chi connectivity index (χ0) is 23.5. The number of aryl methyl sites for hydroxylation is 1. The van der Waals surface area contributed by atoms with E-state index < -0.39 is 26.0 Å². The third kappa shape index (κ3) is 4.88. The number of sulfonamides is 2. The molecule has 0 saturated carbocycles. The highest BCUT2D eigenvalue weighted by Crippen LogP contribution is 2.31. The van der Waals surface area contributed by atoms with E-state index in [9.17, 15) is 21.6 Å². The first-order chi connectivity index (χ1) is 15.1. The maximum absolute atomic E-state index is 13.1. The van der Waals surface area contributed by atoms with Gasteiger partial charge in [-0.15, -0.1) is 0 Å². The van der Waals surface area contributed by atoms with Crippen molar-refractivity contribution in [3.63, 3.8) is 0 Å². The van der Waals surface area contributed by atoms with Crippen LogP contribution >= 0.6 is 0 Å². The standard InChI is InChI=1S/C20H24N2O8S2/c1-14-4-5-15(20(23)29-3)12-18(14)31(24,25)21-16-6-7-17(28-2)19(13-16)32(26,27)22-8-10-30-11-9-22/h4-7,12-13,21H,8-11H2,1-3H3. The van der Waals surface area contributed by atoms with Crippen LogP contribution in [0.1, 0.15) is 15.9 Å². The van der Waals surface area contributed by atoms with Gasteiger partial charge in [0.1, 0.15) is 10.6 Å². The minimum Gasteiger partial charge on any atom is -0.495 e. The van der Waals surface area contributed by atoms with Crippen molar-refractivity contribution in [1.29, 1.82) is 0 Å². The molecular weight excluding hydrogens is 460 g/mol. The Morgan fingerprint density at radius 2 is 1.69 bits per heavy atom. The second-order valence-corrected chi connectivity index (χ2v) is 10.5. The Balaban J connectivity index is 1.99. The van der Waals surface area contributed by atoms with E-state index in [2.05, 4.69) is 9.46 Å². The van der Waals surface area contributed by atoms with Gasteiger partial charge in [0.05, 0.1) is 43.6 Å². The second kappa shape index (κ2) is 9.45. The predicted octanol–water partition coefficient (Wildman–Crippen LogP) is 1.61. The molecule has 0 aromatic heterocycles. The molecule has 0 aliphatic carbocycles. The van der Waals surface area contributed by atoms with E-state index >= 15 is 0 Å². The molecule has 12 heteroatoms. The average Bonchev–Trinajstić information content (AvgIpc) is 2.79. The third-order valence-electron chi connectivity index (χ3n) is 4.90. The first-order valence-corrected chi connectivity index (χ1v) is 12.5. The van der Waals surface area contributed by atoms with Gasteiger partial charge in [0.2, 0.25) is 10.0 Å². The number of nitrogens with one attached hydrogen (secondary N) is 1. The summed E-state index contributed by atoms with van der Waals surface area (Å²) in [5.74, 6) is -0.590. The highest BCUT2D eigenvalue weighted by atomic mass is 32.2. The van der Waals surface area contributed by atoms with Crippen LogP contribution in [-0.4, -0.2) is 67.6 Å². The second-order valence-electron chi connectivity index (χ2n) is 6.96. The van der Waals surface area contributed by atoms with Crippen LogP contribution in [0.3, 0.4) is 0 Å². The Bertz CT molecular complexity index is 1220. The van der Waals surface area contributed by atoms with Gasteiger partial charge in [0.15, 0.2) is 0 Å². The van der Waals surface area contributed by atoms with Gasteiger partial charge in [-0.1, -0.05) is 6.07 Å². The maximum atomic E-state index is 13.1. The van der Waals surface area contributed by atoms with Crippen molar-refractivity contribution in [2.24, 2.45) is 0 Å². The third-order valence-corrected chi connectivity index (χ3v) is 8.35. The Hall–Kier alpha value is -2.67. The number of ether oxygens (including phenoxy) is 3. The van der Waals surface area contributed by atoms with E-state index in [-0.39, 0.29) is 53.1 Å². The van der Waals surface area contributed by atoms with Crippen molar-refractivity contribution >= 4 is 31.7 Å².